The number of amides is 2. The normalized spacial score (nSPS) is 19.4. The van der Waals surface area contributed by atoms with Gasteiger partial charge in [-0.25, -0.2) is 22.5 Å². The molecule has 2 amide bonds. The van der Waals surface area contributed by atoms with Crippen molar-refractivity contribution < 1.29 is 31.9 Å². The number of nitrogens with one attached hydrogen (secondary N) is 2. The number of nitrogens with two attached hydrogens (primary N) is 1. The highest BCUT2D eigenvalue weighted by Crippen LogP contribution is 2.53. The average Bonchev–Trinajstić information content (AvgIpc) is 3.34. The number of halogens is 4. The first-order valence-electron chi connectivity index (χ1n) is 15.8. The Balaban J connectivity index is 1.16. The standard InChI is InChI=1S/C34H38F4N6O3/c1-40-33(46)28(14-20-12-25(36)32(38)26(37)13-20)42-31(45)15-21-18-34(24-16-22(35)2-3-23(21)24)4-6-44(7-5-34)30-17-29(27(39)19-41-30)43-8-10-47-11-9-43/h2-3,12-13,16-17,19,21,28H,4-11,14-15,18,39H2,1H3,(H,40,46)(H,42,45)/t21?,28-/m1/s1. The minimum absolute atomic E-state index is 0.0235. The smallest absolute Gasteiger partial charge is 0.242 e. The van der Waals surface area contributed by atoms with Gasteiger partial charge >= 0.3 is 0 Å². The van der Waals surface area contributed by atoms with E-state index < -0.39 is 35.3 Å². The van der Waals surface area contributed by atoms with E-state index in [4.69, 9.17) is 10.5 Å². The third kappa shape index (κ3) is 6.71. The third-order valence-electron chi connectivity index (χ3n) is 9.77. The number of fused-ring (bicyclic) bond motifs is 2. The van der Waals surface area contributed by atoms with E-state index in [1.54, 1.807) is 18.3 Å². The van der Waals surface area contributed by atoms with Gasteiger partial charge in [-0.05, 0) is 71.6 Å². The summed E-state index contributed by atoms with van der Waals surface area (Å²) in [6, 6.07) is 7.20. The summed E-state index contributed by atoms with van der Waals surface area (Å²) in [5.41, 5.74) is 9.30. The lowest BCUT2D eigenvalue weighted by atomic mass is 9.73. The van der Waals surface area contributed by atoms with Gasteiger partial charge in [0.05, 0.1) is 30.8 Å². The molecule has 0 radical (unpaired) electrons. The van der Waals surface area contributed by atoms with Gasteiger partial charge in [-0.3, -0.25) is 9.59 Å². The van der Waals surface area contributed by atoms with E-state index in [1.165, 1.54) is 13.1 Å². The lowest BCUT2D eigenvalue weighted by Gasteiger charge is -2.41. The Hall–Kier alpha value is -4.39. The number of likely N-dealkylation sites (N-methyl/N-ethyl adjacent to an activating group) is 1. The molecule has 250 valence electrons. The van der Waals surface area contributed by atoms with E-state index in [9.17, 15) is 27.2 Å². The first kappa shape index (κ1) is 32.5. The molecule has 1 aromatic heterocycles. The van der Waals surface area contributed by atoms with Gasteiger partial charge in [0.15, 0.2) is 17.5 Å². The number of hydrogen-bond donors (Lipinski definition) is 3. The molecule has 0 bridgehead atoms. The van der Waals surface area contributed by atoms with Gasteiger partial charge in [0.1, 0.15) is 17.7 Å². The number of pyridine rings is 1. The number of carbonyl (C=O) groups is 2. The SMILES string of the molecule is CNC(=O)[C@@H](Cc1cc(F)c(F)c(F)c1)NC(=O)CC1CC2(CCN(c3cc(N4CCOCC4)c(N)cn3)CC2)c2cc(F)ccc21. The highest BCUT2D eigenvalue weighted by atomic mass is 19.2. The lowest BCUT2D eigenvalue weighted by molar-refractivity contribution is -0.128. The number of nitrogens with zero attached hydrogens (tertiary/aromatic N) is 3. The molecule has 47 heavy (non-hydrogen) atoms. The van der Waals surface area contributed by atoms with E-state index in [0.717, 1.165) is 60.7 Å². The van der Waals surface area contributed by atoms with Gasteiger partial charge in [0, 0.05) is 52.1 Å². The van der Waals surface area contributed by atoms with Crippen LogP contribution in [-0.4, -0.2) is 69.3 Å². The zero-order chi connectivity index (χ0) is 33.3. The summed E-state index contributed by atoms with van der Waals surface area (Å²) in [6.45, 7) is 4.14. The Labute approximate surface area is 270 Å². The van der Waals surface area contributed by atoms with Crippen LogP contribution in [-0.2, 0) is 26.2 Å². The number of rotatable bonds is 8. The maximum Gasteiger partial charge on any atom is 0.242 e. The van der Waals surface area contributed by atoms with Crippen molar-refractivity contribution in [2.75, 3.05) is 62.0 Å². The van der Waals surface area contributed by atoms with Crippen molar-refractivity contribution in [2.24, 2.45) is 0 Å². The third-order valence-corrected chi connectivity index (χ3v) is 9.77. The molecular formula is C34H38F4N6O3. The number of aromatic nitrogens is 1. The maximum absolute atomic E-state index is 14.6. The lowest BCUT2D eigenvalue weighted by Crippen LogP contribution is -2.47. The zero-order valence-corrected chi connectivity index (χ0v) is 26.1. The molecule has 9 nitrogen and oxygen atoms in total. The van der Waals surface area contributed by atoms with Crippen molar-refractivity contribution in [1.82, 2.24) is 15.6 Å². The summed E-state index contributed by atoms with van der Waals surface area (Å²) < 4.78 is 61.3. The van der Waals surface area contributed by atoms with Crippen LogP contribution in [0.5, 0.6) is 0 Å². The Morgan fingerprint density at radius 2 is 1.72 bits per heavy atom. The molecule has 3 aliphatic rings. The van der Waals surface area contributed by atoms with Crippen LogP contribution in [0.15, 0.2) is 42.6 Å². The summed E-state index contributed by atoms with van der Waals surface area (Å²) in [7, 11) is 1.38. The molecular weight excluding hydrogens is 616 g/mol. The topological polar surface area (TPSA) is 113 Å². The highest BCUT2D eigenvalue weighted by molar-refractivity contribution is 5.88. The van der Waals surface area contributed by atoms with Gasteiger partial charge in [-0.1, -0.05) is 6.07 Å². The molecule has 1 unspecified atom stereocenters. The monoisotopic (exact) mass is 654 g/mol. The van der Waals surface area contributed by atoms with Crippen LogP contribution in [0.2, 0.25) is 0 Å². The Morgan fingerprint density at radius 3 is 2.40 bits per heavy atom. The van der Waals surface area contributed by atoms with Crippen LogP contribution >= 0.6 is 0 Å². The molecule has 4 N–H and O–H groups in total. The Morgan fingerprint density at radius 1 is 1.02 bits per heavy atom. The number of anilines is 3. The van der Waals surface area contributed by atoms with Gasteiger partial charge in [0.25, 0.3) is 0 Å². The number of ether oxygens (including phenoxy) is 1. The van der Waals surface area contributed by atoms with Crippen LogP contribution in [0.4, 0.5) is 34.8 Å². The van der Waals surface area contributed by atoms with Crippen molar-refractivity contribution in [2.45, 2.75) is 49.5 Å². The fraction of sp³-hybridized carbons (Fsp3) is 0.441. The van der Waals surface area contributed by atoms with Gasteiger partial charge in [-0.15, -0.1) is 0 Å². The maximum atomic E-state index is 14.6. The number of morpholine rings is 1. The molecule has 2 aliphatic heterocycles. The summed E-state index contributed by atoms with van der Waals surface area (Å²) in [5.74, 6) is -5.10. The molecule has 6 rings (SSSR count). The predicted molar refractivity (Wildman–Crippen MR) is 169 cm³/mol. The molecule has 2 fully saturated rings. The van der Waals surface area contributed by atoms with Crippen LogP contribution in [0.25, 0.3) is 0 Å². The van der Waals surface area contributed by atoms with Gasteiger partial charge in [0.2, 0.25) is 11.8 Å². The summed E-state index contributed by atoms with van der Waals surface area (Å²) in [5, 5.41) is 5.15. The Kier molecular flexibility index (Phi) is 9.27. The molecule has 2 atom stereocenters. The number of carbonyl (C=O) groups excluding carboxylic acids is 2. The van der Waals surface area contributed by atoms with Crippen molar-refractivity contribution >= 4 is 29.0 Å². The van der Waals surface area contributed by atoms with E-state index >= 15 is 0 Å². The van der Waals surface area contributed by atoms with Crippen molar-refractivity contribution in [3.05, 3.63) is 82.6 Å². The number of benzene rings is 2. The van der Waals surface area contributed by atoms with Crippen molar-refractivity contribution in [3.8, 4) is 0 Å². The molecule has 0 saturated carbocycles. The largest absolute Gasteiger partial charge is 0.396 e. The first-order valence-corrected chi connectivity index (χ1v) is 15.8. The highest BCUT2D eigenvalue weighted by Gasteiger charge is 2.46. The fourth-order valence-corrected chi connectivity index (χ4v) is 7.37. The second-order valence-corrected chi connectivity index (χ2v) is 12.6. The minimum atomic E-state index is -1.60. The number of hydrogen-bond acceptors (Lipinski definition) is 7. The number of nitrogen functional groups attached to an aromatic ring is 1. The summed E-state index contributed by atoms with van der Waals surface area (Å²) in [4.78, 5) is 35.0. The molecule has 2 saturated heterocycles. The Bertz CT molecular complexity index is 1640. The molecule has 1 aliphatic carbocycles. The van der Waals surface area contributed by atoms with Crippen LogP contribution in [0.3, 0.4) is 0 Å². The number of piperidine rings is 1. The van der Waals surface area contributed by atoms with Gasteiger partial charge in [-0.2, -0.15) is 0 Å². The first-order chi connectivity index (χ1) is 22.6. The van der Waals surface area contributed by atoms with Crippen molar-refractivity contribution in [1.29, 1.82) is 0 Å². The average molecular weight is 655 g/mol. The summed E-state index contributed by atoms with van der Waals surface area (Å²) >= 11 is 0. The molecule has 1 spiro atoms. The van der Waals surface area contributed by atoms with E-state index in [1.807, 2.05) is 6.07 Å². The quantitative estimate of drug-likeness (QED) is 0.249. The predicted octanol–water partition coefficient (Wildman–Crippen LogP) is 3.95. The second kappa shape index (κ2) is 13.4. The van der Waals surface area contributed by atoms with E-state index in [-0.39, 0.29) is 35.6 Å². The molecule has 13 heteroatoms. The second-order valence-electron chi connectivity index (χ2n) is 12.6. The molecule has 2 aromatic carbocycles. The molecule has 3 aromatic rings. The van der Waals surface area contributed by atoms with Crippen LogP contribution in [0, 0.1) is 23.3 Å². The van der Waals surface area contributed by atoms with Crippen LogP contribution in [0.1, 0.15) is 48.3 Å². The fourth-order valence-electron chi connectivity index (χ4n) is 7.37. The zero-order valence-electron chi connectivity index (χ0n) is 26.1. The van der Waals surface area contributed by atoms with Gasteiger partial charge < -0.3 is 30.9 Å². The van der Waals surface area contributed by atoms with Crippen molar-refractivity contribution in [3.63, 3.8) is 0 Å². The minimum Gasteiger partial charge on any atom is -0.396 e. The molecule has 3 heterocycles. The van der Waals surface area contributed by atoms with E-state index in [2.05, 4.69) is 25.4 Å². The van der Waals surface area contributed by atoms with E-state index in [0.29, 0.717) is 38.4 Å². The summed E-state index contributed by atoms with van der Waals surface area (Å²) in [6.07, 6.45) is 3.56. The van der Waals surface area contributed by atoms with Crippen LogP contribution < -0.4 is 26.2 Å².